The van der Waals surface area contributed by atoms with Crippen molar-refractivity contribution in [3.05, 3.63) is 0 Å². The largest absolute Gasteiger partial charge is 0.390 e. The van der Waals surface area contributed by atoms with Crippen molar-refractivity contribution >= 4 is 0 Å². The summed E-state index contributed by atoms with van der Waals surface area (Å²) >= 11 is 0. The van der Waals surface area contributed by atoms with Crippen molar-refractivity contribution in [2.45, 2.75) is 236 Å². The van der Waals surface area contributed by atoms with Gasteiger partial charge in [0.25, 0.3) is 0 Å². The smallest absolute Gasteiger partial charge is 0.0617 e. The molecule has 4 N–H and O–H groups in total. The van der Waals surface area contributed by atoms with E-state index in [-0.39, 0.29) is 25.8 Å². The first-order chi connectivity index (χ1) is 19.9. The van der Waals surface area contributed by atoms with Crippen molar-refractivity contribution in [3.8, 4) is 0 Å². The molecule has 0 heterocycles. The average molecular weight is 812 g/mol. The Bertz CT molecular complexity index is 491. The molecule has 0 aromatic rings. The molecule has 5 heteroatoms. The van der Waals surface area contributed by atoms with Crippen molar-refractivity contribution in [2.24, 2.45) is 23.7 Å². The normalized spacial score (nSPS) is 16.5. The maximum Gasteiger partial charge on any atom is 0.0617 e. The summed E-state index contributed by atoms with van der Waals surface area (Å²) in [6.07, 6.45) is 16.8. The summed E-state index contributed by atoms with van der Waals surface area (Å²) in [7, 11) is 0. The van der Waals surface area contributed by atoms with Crippen LogP contribution in [0.15, 0.2) is 0 Å². The molecule has 0 fully saturated rings. The van der Waals surface area contributed by atoms with Crippen LogP contribution < -0.4 is 0 Å². The third-order valence-corrected chi connectivity index (χ3v) is 9.03. The second-order valence-electron chi connectivity index (χ2n) is 16.5. The van der Waals surface area contributed by atoms with E-state index < -0.39 is 22.4 Å². The Morgan fingerprint density at radius 2 is 0.489 bits per heavy atom. The van der Waals surface area contributed by atoms with Crippen LogP contribution in [0, 0.1) is 23.7 Å². The molecule has 276 valence electrons. The summed E-state index contributed by atoms with van der Waals surface area (Å²) in [5.74, 6) is 3.07. The van der Waals surface area contributed by atoms with Crippen LogP contribution in [-0.2, 0) is 25.8 Å². The van der Waals surface area contributed by atoms with Gasteiger partial charge in [-0.1, -0.05) is 134 Å². The first-order valence-electron chi connectivity index (χ1n) is 18.8. The van der Waals surface area contributed by atoms with Crippen molar-refractivity contribution in [1.29, 1.82) is 0 Å². The first kappa shape index (κ1) is 55.1. The van der Waals surface area contributed by atoms with Crippen molar-refractivity contribution in [3.63, 3.8) is 0 Å². The molecule has 0 saturated heterocycles. The summed E-state index contributed by atoms with van der Waals surface area (Å²) in [4.78, 5) is 0. The molecule has 0 aliphatic carbocycles. The standard InChI is InChI=1S/4C10H22O.Hf/c4*1-5-10(4,11)8-6-7-9(2)3;/h4*9,11H,5-8H2,1-4H3;. The van der Waals surface area contributed by atoms with Gasteiger partial charge in [0.05, 0.1) is 22.4 Å². The number of hydrogen-bond acceptors (Lipinski definition) is 4. The van der Waals surface area contributed by atoms with E-state index in [0.29, 0.717) is 0 Å². The second kappa shape index (κ2) is 30.7. The van der Waals surface area contributed by atoms with E-state index in [4.69, 9.17) is 0 Å². The molecule has 0 aliphatic heterocycles. The zero-order valence-electron chi connectivity index (χ0n) is 33.9. The van der Waals surface area contributed by atoms with Crippen molar-refractivity contribution in [2.75, 3.05) is 0 Å². The molecular formula is C40H88HfO4. The number of aliphatic hydroxyl groups is 4. The van der Waals surface area contributed by atoms with E-state index >= 15 is 0 Å². The van der Waals surface area contributed by atoms with Gasteiger partial charge in [-0.25, -0.2) is 0 Å². The predicted octanol–water partition coefficient (Wildman–Crippen LogP) is 11.9. The van der Waals surface area contributed by atoms with Crippen LogP contribution in [-0.4, -0.2) is 42.8 Å². The molecule has 45 heavy (non-hydrogen) atoms. The number of rotatable bonds is 20. The Morgan fingerprint density at radius 3 is 0.578 bits per heavy atom. The van der Waals surface area contributed by atoms with Crippen LogP contribution in [0.5, 0.6) is 0 Å². The zero-order chi connectivity index (χ0) is 35.6. The van der Waals surface area contributed by atoms with Crippen LogP contribution >= 0.6 is 0 Å². The molecule has 4 atom stereocenters. The molecule has 0 aromatic carbocycles. The van der Waals surface area contributed by atoms with E-state index in [1.165, 1.54) is 25.7 Å². The summed E-state index contributed by atoms with van der Waals surface area (Å²) in [5.41, 5.74) is -1.69. The Labute approximate surface area is 304 Å². The van der Waals surface area contributed by atoms with Crippen LogP contribution in [0.3, 0.4) is 0 Å². The molecule has 0 saturated carbocycles. The van der Waals surface area contributed by atoms with Gasteiger partial charge in [-0.2, -0.15) is 0 Å². The maximum absolute atomic E-state index is 9.64. The van der Waals surface area contributed by atoms with Crippen molar-refractivity contribution < 1.29 is 46.3 Å². The summed E-state index contributed by atoms with van der Waals surface area (Å²) in [5, 5.41) is 38.5. The third-order valence-electron chi connectivity index (χ3n) is 9.03. The number of hydrogen-bond donors (Lipinski definition) is 4. The fraction of sp³-hybridized carbons (Fsp3) is 1.00. The van der Waals surface area contributed by atoms with Gasteiger partial charge in [-0.3, -0.25) is 0 Å². The Kier molecular flexibility index (Phi) is 37.7. The third kappa shape index (κ3) is 49.2. The van der Waals surface area contributed by atoms with E-state index in [0.717, 1.165) is 101 Å². The molecule has 0 radical (unpaired) electrons. The summed E-state index contributed by atoms with van der Waals surface area (Å²) in [6, 6.07) is 0. The van der Waals surface area contributed by atoms with Gasteiger partial charge in [0.1, 0.15) is 0 Å². The minimum absolute atomic E-state index is 0. The fourth-order valence-corrected chi connectivity index (χ4v) is 4.27. The van der Waals surface area contributed by atoms with Gasteiger partial charge in [0.15, 0.2) is 0 Å². The maximum atomic E-state index is 9.64. The molecular weight excluding hydrogens is 723 g/mol. The summed E-state index contributed by atoms with van der Waals surface area (Å²) < 4.78 is 0. The fourth-order valence-electron chi connectivity index (χ4n) is 4.27. The molecule has 0 rings (SSSR count). The van der Waals surface area contributed by atoms with Gasteiger partial charge < -0.3 is 20.4 Å². The topological polar surface area (TPSA) is 80.9 Å². The van der Waals surface area contributed by atoms with E-state index in [1.807, 2.05) is 55.4 Å². The molecule has 4 nitrogen and oxygen atoms in total. The Balaban J connectivity index is -0.000000157. The van der Waals surface area contributed by atoms with Crippen LogP contribution in [0.4, 0.5) is 0 Å². The quantitative estimate of drug-likeness (QED) is 0.0923. The predicted molar refractivity (Wildman–Crippen MR) is 198 cm³/mol. The Morgan fingerprint density at radius 1 is 0.356 bits per heavy atom. The Hall–Kier alpha value is 0.710. The molecule has 0 spiro atoms. The van der Waals surface area contributed by atoms with Gasteiger partial charge in [-0.05, 0) is 103 Å². The first-order valence-corrected chi connectivity index (χ1v) is 18.8. The minimum atomic E-state index is -0.422. The SMILES string of the molecule is CCC(C)(O)CCCC(C)C.CCC(C)(O)CCCC(C)C.CCC(C)(O)CCCC(C)C.CCC(C)(O)CCCC(C)C.[Hf]. The molecule has 0 aromatic heterocycles. The second-order valence-corrected chi connectivity index (χ2v) is 16.5. The van der Waals surface area contributed by atoms with Crippen LogP contribution in [0.1, 0.15) is 214 Å². The van der Waals surface area contributed by atoms with E-state index in [1.54, 1.807) is 0 Å². The van der Waals surface area contributed by atoms with Crippen molar-refractivity contribution in [1.82, 2.24) is 0 Å². The van der Waals surface area contributed by atoms with Gasteiger partial charge in [0.2, 0.25) is 0 Å². The molecule has 0 bridgehead atoms. The van der Waals surface area contributed by atoms with Crippen LogP contribution in [0.25, 0.3) is 0 Å². The van der Waals surface area contributed by atoms with Gasteiger partial charge in [-0.15, -0.1) is 0 Å². The van der Waals surface area contributed by atoms with Crippen LogP contribution in [0.2, 0.25) is 0 Å². The van der Waals surface area contributed by atoms with Gasteiger partial charge in [0, 0.05) is 25.8 Å². The molecule has 0 amide bonds. The van der Waals surface area contributed by atoms with E-state index in [2.05, 4.69) is 55.4 Å². The average Bonchev–Trinajstić information content (AvgIpc) is 2.88. The monoisotopic (exact) mass is 813 g/mol. The molecule has 4 unspecified atom stereocenters. The summed E-state index contributed by atoms with van der Waals surface area (Å²) in [6.45, 7) is 33.6. The van der Waals surface area contributed by atoms with E-state index in [9.17, 15) is 20.4 Å². The molecule has 0 aliphatic rings. The zero-order valence-corrected chi connectivity index (χ0v) is 37.5. The van der Waals surface area contributed by atoms with Gasteiger partial charge >= 0.3 is 0 Å². The minimum Gasteiger partial charge on any atom is -0.390 e.